The van der Waals surface area contributed by atoms with Crippen molar-refractivity contribution in [3.63, 3.8) is 0 Å². The van der Waals surface area contributed by atoms with Crippen LogP contribution in [0.15, 0.2) is 52.9 Å². The van der Waals surface area contributed by atoms with Crippen molar-refractivity contribution in [1.29, 1.82) is 0 Å². The van der Waals surface area contributed by atoms with E-state index in [2.05, 4.69) is 15.2 Å². The third-order valence-electron chi connectivity index (χ3n) is 4.59. The third-order valence-corrected chi connectivity index (χ3v) is 5.83. The predicted octanol–water partition coefficient (Wildman–Crippen LogP) is 5.11. The minimum Gasteiger partial charge on any atom is -0.441 e. The summed E-state index contributed by atoms with van der Waals surface area (Å²) in [4.78, 5) is 19.3. The molecule has 1 fully saturated rings. The number of thioether (sulfide) groups is 1. The summed E-state index contributed by atoms with van der Waals surface area (Å²) in [6, 6.07) is 15.1. The molecule has 1 saturated heterocycles. The molecule has 0 saturated carbocycles. The maximum Gasteiger partial charge on any atom is 0.277 e. The van der Waals surface area contributed by atoms with Gasteiger partial charge in [-0.25, -0.2) is 4.98 Å². The van der Waals surface area contributed by atoms with Crippen LogP contribution in [-0.2, 0) is 0 Å². The SMILES string of the molecule is Cc1oc(-c2ccccc2)nc1C(=O)Nc1ccc(N2CCSCC2)c(Cl)c1. The summed E-state index contributed by atoms with van der Waals surface area (Å²) >= 11 is 8.43. The summed E-state index contributed by atoms with van der Waals surface area (Å²) in [5.41, 5.74) is 2.74. The monoisotopic (exact) mass is 413 g/mol. The van der Waals surface area contributed by atoms with Gasteiger partial charge >= 0.3 is 0 Å². The molecular weight excluding hydrogens is 394 g/mol. The summed E-state index contributed by atoms with van der Waals surface area (Å²) in [5, 5.41) is 3.50. The van der Waals surface area contributed by atoms with Gasteiger partial charge in [0.25, 0.3) is 5.91 Å². The Morgan fingerprint density at radius 1 is 1.18 bits per heavy atom. The Morgan fingerprint density at radius 3 is 2.64 bits per heavy atom. The van der Waals surface area contributed by atoms with Crippen LogP contribution in [0.4, 0.5) is 11.4 Å². The zero-order valence-electron chi connectivity index (χ0n) is 15.4. The fourth-order valence-electron chi connectivity index (χ4n) is 3.15. The van der Waals surface area contributed by atoms with Gasteiger partial charge in [0.1, 0.15) is 5.76 Å². The van der Waals surface area contributed by atoms with E-state index in [9.17, 15) is 4.79 Å². The van der Waals surface area contributed by atoms with E-state index in [1.165, 1.54) is 0 Å². The number of carbonyl (C=O) groups is 1. The molecule has 3 aromatic rings. The summed E-state index contributed by atoms with van der Waals surface area (Å²) in [6.07, 6.45) is 0. The molecule has 1 aliphatic heterocycles. The summed E-state index contributed by atoms with van der Waals surface area (Å²) < 4.78 is 5.68. The molecule has 144 valence electrons. The number of rotatable bonds is 4. The molecule has 1 aliphatic rings. The van der Waals surface area contributed by atoms with E-state index in [4.69, 9.17) is 16.0 Å². The van der Waals surface area contributed by atoms with Crippen LogP contribution in [-0.4, -0.2) is 35.5 Å². The first-order chi connectivity index (χ1) is 13.6. The zero-order chi connectivity index (χ0) is 19.5. The Hall–Kier alpha value is -2.44. The first kappa shape index (κ1) is 18.9. The van der Waals surface area contributed by atoms with Crippen molar-refractivity contribution in [2.45, 2.75) is 6.92 Å². The second-order valence-electron chi connectivity index (χ2n) is 6.51. The number of benzene rings is 2. The minimum atomic E-state index is -0.318. The van der Waals surface area contributed by atoms with E-state index >= 15 is 0 Å². The van der Waals surface area contributed by atoms with E-state index < -0.39 is 0 Å². The molecule has 0 bridgehead atoms. The van der Waals surface area contributed by atoms with Gasteiger partial charge in [0.15, 0.2) is 5.69 Å². The molecule has 2 heterocycles. The van der Waals surface area contributed by atoms with Gasteiger partial charge in [-0.1, -0.05) is 29.8 Å². The van der Waals surface area contributed by atoms with Crippen LogP contribution >= 0.6 is 23.4 Å². The van der Waals surface area contributed by atoms with E-state index in [1.807, 2.05) is 54.2 Å². The Morgan fingerprint density at radius 2 is 1.93 bits per heavy atom. The standard InChI is InChI=1S/C21H20ClN3O2S/c1-14-19(24-21(27-14)15-5-3-2-4-6-15)20(26)23-16-7-8-18(17(22)13-16)25-9-11-28-12-10-25/h2-8,13H,9-12H2,1H3,(H,23,26). The molecule has 0 unspecified atom stereocenters. The lowest BCUT2D eigenvalue weighted by atomic mass is 10.2. The summed E-state index contributed by atoms with van der Waals surface area (Å²) in [6.45, 7) is 3.70. The molecule has 0 radical (unpaired) electrons. The number of anilines is 2. The molecule has 2 aromatic carbocycles. The lowest BCUT2D eigenvalue weighted by Crippen LogP contribution is -2.32. The maximum absolute atomic E-state index is 12.7. The fraction of sp³-hybridized carbons (Fsp3) is 0.238. The van der Waals surface area contributed by atoms with Crippen molar-refractivity contribution in [2.75, 3.05) is 34.8 Å². The highest BCUT2D eigenvalue weighted by Gasteiger charge is 2.19. The van der Waals surface area contributed by atoms with Crippen LogP contribution < -0.4 is 10.2 Å². The second-order valence-corrected chi connectivity index (χ2v) is 8.14. The topological polar surface area (TPSA) is 58.4 Å². The Bertz CT molecular complexity index is 985. The normalized spacial score (nSPS) is 14.1. The molecule has 0 atom stereocenters. The largest absolute Gasteiger partial charge is 0.441 e. The van der Waals surface area contributed by atoms with E-state index in [-0.39, 0.29) is 11.6 Å². The predicted molar refractivity (Wildman–Crippen MR) is 116 cm³/mol. The molecular formula is C21H20ClN3O2S. The van der Waals surface area contributed by atoms with Gasteiger partial charge in [-0.05, 0) is 37.3 Å². The van der Waals surface area contributed by atoms with E-state index in [0.717, 1.165) is 35.8 Å². The molecule has 1 amide bonds. The zero-order valence-corrected chi connectivity index (χ0v) is 17.0. The van der Waals surface area contributed by atoms with Crippen molar-refractivity contribution < 1.29 is 9.21 Å². The van der Waals surface area contributed by atoms with Gasteiger partial charge in [-0.15, -0.1) is 0 Å². The van der Waals surface area contributed by atoms with Crippen LogP contribution in [0.3, 0.4) is 0 Å². The van der Waals surface area contributed by atoms with Crippen LogP contribution in [0.25, 0.3) is 11.5 Å². The highest BCUT2D eigenvalue weighted by molar-refractivity contribution is 7.99. The fourth-order valence-corrected chi connectivity index (χ4v) is 4.35. The second kappa shape index (κ2) is 8.29. The van der Waals surface area contributed by atoms with E-state index in [1.54, 1.807) is 13.0 Å². The number of aryl methyl sites for hydroxylation is 1. The average Bonchev–Trinajstić information content (AvgIpc) is 3.11. The van der Waals surface area contributed by atoms with Crippen molar-refractivity contribution in [3.05, 3.63) is 65.0 Å². The van der Waals surface area contributed by atoms with Gasteiger partial charge in [0, 0.05) is 35.8 Å². The van der Waals surface area contributed by atoms with Crippen molar-refractivity contribution in [2.24, 2.45) is 0 Å². The minimum absolute atomic E-state index is 0.270. The first-order valence-electron chi connectivity index (χ1n) is 9.08. The van der Waals surface area contributed by atoms with Gasteiger partial charge in [-0.3, -0.25) is 4.79 Å². The van der Waals surface area contributed by atoms with E-state index in [0.29, 0.717) is 22.4 Å². The number of oxazole rings is 1. The Balaban J connectivity index is 1.51. The van der Waals surface area contributed by atoms with Gasteiger partial charge < -0.3 is 14.6 Å². The number of hydrogen-bond acceptors (Lipinski definition) is 5. The number of amides is 1. The van der Waals surface area contributed by atoms with Crippen LogP contribution in [0.2, 0.25) is 5.02 Å². The van der Waals surface area contributed by atoms with Crippen LogP contribution in [0, 0.1) is 6.92 Å². The number of hydrogen-bond donors (Lipinski definition) is 1. The Labute approximate surface area is 173 Å². The van der Waals surface area contributed by atoms with Crippen molar-refractivity contribution in [3.8, 4) is 11.5 Å². The number of carbonyl (C=O) groups excluding carboxylic acids is 1. The molecule has 1 aromatic heterocycles. The van der Waals surface area contributed by atoms with Crippen LogP contribution in [0.1, 0.15) is 16.2 Å². The highest BCUT2D eigenvalue weighted by Crippen LogP contribution is 2.31. The third kappa shape index (κ3) is 4.03. The van der Waals surface area contributed by atoms with Crippen molar-refractivity contribution >= 4 is 40.6 Å². The molecule has 4 rings (SSSR count). The number of halogens is 1. The molecule has 5 nitrogen and oxygen atoms in total. The smallest absolute Gasteiger partial charge is 0.277 e. The summed E-state index contributed by atoms with van der Waals surface area (Å²) in [7, 11) is 0. The summed E-state index contributed by atoms with van der Waals surface area (Å²) in [5.74, 6) is 2.79. The lowest BCUT2D eigenvalue weighted by molar-refractivity contribution is 0.102. The van der Waals surface area contributed by atoms with Gasteiger partial charge in [-0.2, -0.15) is 11.8 Å². The molecule has 0 aliphatic carbocycles. The molecule has 7 heteroatoms. The Kier molecular flexibility index (Phi) is 5.59. The lowest BCUT2D eigenvalue weighted by Gasteiger charge is -2.29. The van der Waals surface area contributed by atoms with Crippen LogP contribution in [0.5, 0.6) is 0 Å². The molecule has 0 spiro atoms. The first-order valence-corrected chi connectivity index (χ1v) is 10.6. The number of nitrogens with zero attached hydrogens (tertiary/aromatic N) is 2. The molecule has 28 heavy (non-hydrogen) atoms. The quantitative estimate of drug-likeness (QED) is 0.644. The number of nitrogens with one attached hydrogen (secondary N) is 1. The van der Waals surface area contributed by atoms with Gasteiger partial charge in [0.05, 0.1) is 10.7 Å². The van der Waals surface area contributed by atoms with Crippen molar-refractivity contribution in [1.82, 2.24) is 4.98 Å². The molecule has 1 N–H and O–H groups in total. The maximum atomic E-state index is 12.7. The highest BCUT2D eigenvalue weighted by atomic mass is 35.5. The average molecular weight is 414 g/mol. The number of aromatic nitrogens is 1. The van der Waals surface area contributed by atoms with Gasteiger partial charge in [0.2, 0.25) is 5.89 Å².